The lowest BCUT2D eigenvalue weighted by Gasteiger charge is -2.23. The number of anilines is 1. The lowest BCUT2D eigenvalue weighted by molar-refractivity contribution is -0.132. The molecule has 1 unspecified atom stereocenters. The Morgan fingerprint density at radius 3 is 2.61 bits per heavy atom. The van der Waals surface area contributed by atoms with Crippen LogP contribution in [0.3, 0.4) is 0 Å². The van der Waals surface area contributed by atoms with Crippen LogP contribution in [0.1, 0.15) is 33.9 Å². The van der Waals surface area contributed by atoms with Crippen molar-refractivity contribution in [3.8, 4) is 5.75 Å². The molecule has 0 aliphatic carbocycles. The Morgan fingerprint density at radius 2 is 1.92 bits per heavy atom. The summed E-state index contributed by atoms with van der Waals surface area (Å²) in [5.74, 6) is -1.47. The van der Waals surface area contributed by atoms with Crippen molar-refractivity contribution in [1.29, 1.82) is 0 Å². The van der Waals surface area contributed by atoms with Crippen LogP contribution in [0.15, 0.2) is 54.4 Å². The van der Waals surface area contributed by atoms with Crippen molar-refractivity contribution in [1.82, 2.24) is 9.97 Å². The quantitative estimate of drug-likeness (QED) is 0.205. The Balaban J connectivity index is 1.77. The number of hydrogen-bond donors (Lipinski definition) is 1. The minimum Gasteiger partial charge on any atom is -0.507 e. The minimum atomic E-state index is -0.929. The first-order chi connectivity index (χ1) is 17.2. The van der Waals surface area contributed by atoms with Crippen molar-refractivity contribution in [2.24, 2.45) is 0 Å². The zero-order valence-corrected chi connectivity index (χ0v) is 21.6. The lowest BCUT2D eigenvalue weighted by Crippen LogP contribution is -2.29. The molecule has 7 nitrogen and oxygen atoms in total. The number of carbonyl (C=O) groups is 2. The van der Waals surface area contributed by atoms with Crippen LogP contribution in [0, 0.1) is 20.8 Å². The van der Waals surface area contributed by atoms with Gasteiger partial charge in [0.05, 0.1) is 34.5 Å². The molecule has 1 N–H and O–H groups in total. The number of methoxy groups -OCH3 is 1. The highest BCUT2D eigenvalue weighted by Crippen LogP contribution is 2.45. The van der Waals surface area contributed by atoms with Crippen LogP contribution < -0.4 is 9.64 Å². The number of aliphatic hydroxyl groups is 1. The summed E-state index contributed by atoms with van der Waals surface area (Å²) in [6.45, 7) is 5.63. The number of thiazole rings is 1. The number of carbonyl (C=O) groups excluding carboxylic acids is 2. The average molecular weight is 520 g/mol. The van der Waals surface area contributed by atoms with Gasteiger partial charge in [0.1, 0.15) is 11.5 Å². The highest BCUT2D eigenvalue weighted by atomic mass is 35.5. The number of fused-ring (bicyclic) bond motifs is 1. The van der Waals surface area contributed by atoms with Crippen molar-refractivity contribution < 1.29 is 19.4 Å². The molecule has 1 atom stereocenters. The molecular weight excluding hydrogens is 498 g/mol. The highest BCUT2D eigenvalue weighted by Gasteiger charge is 2.48. The van der Waals surface area contributed by atoms with Crippen LogP contribution in [0.2, 0.25) is 5.02 Å². The lowest BCUT2D eigenvalue weighted by atomic mass is 9.94. The molecule has 182 valence electrons. The maximum absolute atomic E-state index is 13.5. The molecule has 1 aliphatic heterocycles. The van der Waals surface area contributed by atoms with E-state index in [1.807, 2.05) is 32.9 Å². The van der Waals surface area contributed by atoms with E-state index in [-0.39, 0.29) is 11.3 Å². The number of Topliss-reactive ketones (excluding diaryl/α,β-unsaturated/α-hetero) is 1. The molecule has 1 fully saturated rings. The molecule has 2 aromatic carbocycles. The third-order valence-corrected chi connectivity index (χ3v) is 7.61. The summed E-state index contributed by atoms with van der Waals surface area (Å²) in [5, 5.41) is 12.4. The van der Waals surface area contributed by atoms with Gasteiger partial charge in [0.2, 0.25) is 0 Å². The van der Waals surface area contributed by atoms with Crippen molar-refractivity contribution in [2.75, 3.05) is 12.0 Å². The smallest absolute Gasteiger partial charge is 0.301 e. The summed E-state index contributed by atoms with van der Waals surface area (Å²) >= 11 is 7.57. The molecule has 2 aromatic heterocycles. The number of ketones is 1. The van der Waals surface area contributed by atoms with Gasteiger partial charge in [0.15, 0.2) is 5.13 Å². The summed E-state index contributed by atoms with van der Waals surface area (Å²) in [7, 11) is 1.50. The zero-order valence-electron chi connectivity index (χ0n) is 20.0. The molecule has 1 aliphatic rings. The first-order valence-electron chi connectivity index (χ1n) is 11.1. The van der Waals surface area contributed by atoms with Crippen molar-refractivity contribution in [3.63, 3.8) is 0 Å². The number of benzene rings is 2. The first kappa shape index (κ1) is 24.0. The van der Waals surface area contributed by atoms with Gasteiger partial charge in [-0.1, -0.05) is 35.1 Å². The Hall–Kier alpha value is -3.75. The number of halogens is 1. The Bertz CT molecular complexity index is 1540. The number of rotatable bonds is 4. The number of nitrogens with zero attached hydrogens (tertiary/aromatic N) is 3. The normalized spacial score (nSPS) is 17.2. The number of pyridine rings is 1. The SMILES string of the molecule is COc1c(C)cc(C)cc1/C(O)=C1\C(=O)C(=O)N(c2nc3cc(Cl)c(C)cc3s2)C1c1cccnc1. The maximum Gasteiger partial charge on any atom is 0.301 e. The molecule has 1 saturated heterocycles. The van der Waals surface area contributed by atoms with E-state index in [4.69, 9.17) is 16.3 Å². The van der Waals surface area contributed by atoms with Gasteiger partial charge in [-0.15, -0.1) is 0 Å². The van der Waals surface area contributed by atoms with Gasteiger partial charge in [-0.2, -0.15) is 0 Å². The summed E-state index contributed by atoms with van der Waals surface area (Å²) in [6.07, 6.45) is 3.18. The number of aliphatic hydroxyl groups excluding tert-OH is 1. The van der Waals surface area contributed by atoms with Crippen molar-refractivity contribution in [3.05, 3.63) is 87.2 Å². The van der Waals surface area contributed by atoms with E-state index in [9.17, 15) is 14.7 Å². The molecule has 1 amide bonds. The van der Waals surface area contributed by atoms with E-state index in [1.165, 1.54) is 23.3 Å². The second kappa shape index (κ2) is 9.04. The first-order valence-corrected chi connectivity index (χ1v) is 12.3. The summed E-state index contributed by atoms with van der Waals surface area (Å²) in [5.41, 5.74) is 4.03. The zero-order chi connectivity index (χ0) is 25.7. The average Bonchev–Trinajstić information content (AvgIpc) is 3.36. The van der Waals surface area contributed by atoms with Crippen LogP contribution in [0.25, 0.3) is 16.0 Å². The number of aromatic nitrogens is 2. The van der Waals surface area contributed by atoms with Gasteiger partial charge < -0.3 is 9.84 Å². The van der Waals surface area contributed by atoms with Crippen LogP contribution in [-0.4, -0.2) is 33.9 Å². The van der Waals surface area contributed by atoms with Gasteiger partial charge in [-0.25, -0.2) is 4.98 Å². The van der Waals surface area contributed by atoms with E-state index >= 15 is 0 Å². The molecular formula is C27H22ClN3O4S. The van der Waals surface area contributed by atoms with Crippen LogP contribution in [-0.2, 0) is 9.59 Å². The van der Waals surface area contributed by atoms with E-state index in [1.54, 1.807) is 36.7 Å². The van der Waals surface area contributed by atoms with E-state index in [0.29, 0.717) is 32.5 Å². The third kappa shape index (κ3) is 3.83. The van der Waals surface area contributed by atoms with Crippen molar-refractivity contribution in [2.45, 2.75) is 26.8 Å². The summed E-state index contributed by atoms with van der Waals surface area (Å²) < 4.78 is 6.38. The number of hydrogen-bond acceptors (Lipinski definition) is 7. The molecule has 4 aromatic rings. The molecule has 0 saturated carbocycles. The van der Waals surface area contributed by atoms with Gasteiger partial charge in [0.25, 0.3) is 5.78 Å². The highest BCUT2D eigenvalue weighted by molar-refractivity contribution is 7.22. The monoisotopic (exact) mass is 519 g/mol. The molecule has 9 heteroatoms. The predicted molar refractivity (Wildman–Crippen MR) is 141 cm³/mol. The molecule has 3 heterocycles. The van der Waals surface area contributed by atoms with Gasteiger partial charge in [-0.05, 0) is 67.3 Å². The fraction of sp³-hybridized carbons (Fsp3) is 0.185. The number of amides is 1. The van der Waals surface area contributed by atoms with E-state index < -0.39 is 17.7 Å². The maximum atomic E-state index is 13.5. The molecule has 0 spiro atoms. The Labute approximate surface area is 216 Å². The van der Waals surface area contributed by atoms with Crippen LogP contribution in [0.4, 0.5) is 5.13 Å². The number of ether oxygens (including phenoxy) is 1. The standard InChI is InChI=1S/C27H22ClN3O4S/c1-13-8-15(3)25(35-4)17(9-13)23(32)21-22(16-6-5-7-29-12-16)31(26(34)24(21)33)27-30-19-11-18(28)14(2)10-20(19)36-27/h5-12,22,32H,1-4H3/b23-21+. The van der Waals surface area contributed by atoms with Gasteiger partial charge in [-0.3, -0.25) is 19.5 Å². The van der Waals surface area contributed by atoms with Gasteiger partial charge >= 0.3 is 5.91 Å². The predicted octanol–water partition coefficient (Wildman–Crippen LogP) is 5.90. The number of aryl methyl sites for hydroxylation is 3. The summed E-state index contributed by atoms with van der Waals surface area (Å²) in [6, 6.07) is 9.84. The largest absolute Gasteiger partial charge is 0.507 e. The molecule has 5 rings (SSSR count). The van der Waals surface area contributed by atoms with Crippen LogP contribution >= 0.6 is 22.9 Å². The second-order valence-corrected chi connectivity index (χ2v) is 10.1. The fourth-order valence-corrected chi connectivity index (χ4v) is 5.80. The summed E-state index contributed by atoms with van der Waals surface area (Å²) in [4.78, 5) is 37.1. The Morgan fingerprint density at radius 1 is 1.14 bits per heavy atom. The second-order valence-electron chi connectivity index (χ2n) is 8.68. The molecule has 0 bridgehead atoms. The van der Waals surface area contributed by atoms with E-state index in [0.717, 1.165) is 21.4 Å². The van der Waals surface area contributed by atoms with Crippen molar-refractivity contribution >= 4 is 55.7 Å². The van der Waals surface area contributed by atoms with Gasteiger partial charge in [0, 0.05) is 17.4 Å². The Kier molecular flexibility index (Phi) is 6.02. The molecule has 36 heavy (non-hydrogen) atoms. The topological polar surface area (TPSA) is 92.6 Å². The third-order valence-electron chi connectivity index (χ3n) is 6.19. The fourth-order valence-electron chi connectivity index (χ4n) is 4.57. The molecule has 0 radical (unpaired) electrons. The van der Waals surface area contributed by atoms with E-state index in [2.05, 4.69) is 9.97 Å². The van der Waals surface area contributed by atoms with Crippen LogP contribution in [0.5, 0.6) is 5.75 Å². The minimum absolute atomic E-state index is 0.0511.